The van der Waals surface area contributed by atoms with Gasteiger partial charge in [-0.3, -0.25) is 29.8 Å². The molecule has 0 radical (unpaired) electrons. The molecule has 1 aliphatic carbocycles. The van der Waals surface area contributed by atoms with Crippen molar-refractivity contribution in [2.75, 3.05) is 0 Å². The molecule has 4 rings (SSSR count). The largest absolute Gasteiger partial charge is 0.332 e. The zero-order valence-electron chi connectivity index (χ0n) is 15.6. The molecule has 8 heteroatoms. The third kappa shape index (κ3) is 4.27. The number of amides is 2. The molecule has 3 N–H and O–H groups in total. The lowest BCUT2D eigenvalue weighted by Crippen LogP contribution is -2.42. The van der Waals surface area contributed by atoms with E-state index in [0.29, 0.717) is 34.2 Å². The van der Waals surface area contributed by atoms with Crippen molar-refractivity contribution >= 4 is 34.9 Å². The van der Waals surface area contributed by atoms with E-state index in [1.54, 1.807) is 18.2 Å². The number of fused-ring (bicyclic) bond motifs is 1. The van der Waals surface area contributed by atoms with Crippen LogP contribution in [0.2, 0.25) is 0 Å². The van der Waals surface area contributed by atoms with Crippen LogP contribution in [0.25, 0.3) is 10.9 Å². The number of benzene rings is 2. The van der Waals surface area contributed by atoms with Gasteiger partial charge in [0.1, 0.15) is 0 Å². The number of hydrogen-bond donors (Lipinski definition) is 3. The zero-order valence-corrected chi connectivity index (χ0v) is 16.4. The summed E-state index contributed by atoms with van der Waals surface area (Å²) in [5.41, 5.74) is 6.54. The molecule has 7 nitrogen and oxygen atoms in total. The van der Waals surface area contributed by atoms with E-state index in [4.69, 9.17) is 12.2 Å². The Hall–Kier alpha value is -3.26. The highest BCUT2D eigenvalue weighted by Gasteiger charge is 2.29. The number of aromatic amines is 1. The van der Waals surface area contributed by atoms with Crippen LogP contribution in [-0.2, 0) is 17.8 Å². The van der Waals surface area contributed by atoms with Gasteiger partial charge in [0.15, 0.2) is 4.77 Å². The minimum Gasteiger partial charge on any atom is -0.332 e. The smallest absolute Gasteiger partial charge is 0.269 e. The standard InChI is InChI=1S/C21H20N4O3S/c26-18(14-6-7-14)23-24-19(27)15-8-9-16-17(12-15)22-21(29)25(20(16)28)11-10-13-4-2-1-3-5-13/h1-5,8-9,12,14H,6-7,10-11H2,(H,22,29)(H,23,26)(H,24,27). The fourth-order valence-electron chi connectivity index (χ4n) is 3.12. The summed E-state index contributed by atoms with van der Waals surface area (Å²) in [4.78, 5) is 39.8. The molecule has 3 aromatic rings. The van der Waals surface area contributed by atoms with Crippen molar-refractivity contribution in [3.8, 4) is 0 Å². The number of rotatable bonds is 5. The predicted octanol–water partition coefficient (Wildman–Crippen LogP) is 2.47. The van der Waals surface area contributed by atoms with Crippen molar-refractivity contribution in [1.29, 1.82) is 0 Å². The zero-order chi connectivity index (χ0) is 20.4. The minimum absolute atomic E-state index is 0.00244. The summed E-state index contributed by atoms with van der Waals surface area (Å²) in [6, 6.07) is 14.6. The summed E-state index contributed by atoms with van der Waals surface area (Å²) in [6.45, 7) is 0.462. The van der Waals surface area contributed by atoms with Gasteiger partial charge in [0.2, 0.25) is 5.91 Å². The molecule has 2 aromatic carbocycles. The topological polar surface area (TPSA) is 96.0 Å². The van der Waals surface area contributed by atoms with Crippen LogP contribution >= 0.6 is 12.2 Å². The van der Waals surface area contributed by atoms with Crippen LogP contribution in [0.15, 0.2) is 53.3 Å². The molecule has 1 saturated carbocycles. The quantitative estimate of drug-likeness (QED) is 0.446. The predicted molar refractivity (Wildman–Crippen MR) is 112 cm³/mol. The van der Waals surface area contributed by atoms with Crippen LogP contribution in [0.1, 0.15) is 28.8 Å². The number of carbonyl (C=O) groups excluding carboxylic acids is 2. The second-order valence-electron chi connectivity index (χ2n) is 7.10. The van der Waals surface area contributed by atoms with Gasteiger partial charge in [0.25, 0.3) is 11.5 Å². The van der Waals surface area contributed by atoms with Gasteiger partial charge in [0.05, 0.1) is 10.9 Å². The van der Waals surface area contributed by atoms with Crippen molar-refractivity contribution in [3.63, 3.8) is 0 Å². The van der Waals surface area contributed by atoms with Crippen molar-refractivity contribution in [1.82, 2.24) is 20.4 Å². The van der Waals surface area contributed by atoms with E-state index < -0.39 is 5.91 Å². The highest BCUT2D eigenvalue weighted by molar-refractivity contribution is 7.71. The monoisotopic (exact) mass is 408 g/mol. The van der Waals surface area contributed by atoms with Gasteiger partial charge >= 0.3 is 0 Å². The third-order valence-corrected chi connectivity index (χ3v) is 5.28. The molecule has 1 aromatic heterocycles. The Bertz CT molecular complexity index is 1200. The summed E-state index contributed by atoms with van der Waals surface area (Å²) < 4.78 is 1.83. The fraction of sp³-hybridized carbons (Fsp3) is 0.238. The van der Waals surface area contributed by atoms with E-state index >= 15 is 0 Å². The molecule has 1 aliphatic rings. The maximum atomic E-state index is 12.9. The number of nitrogens with zero attached hydrogens (tertiary/aromatic N) is 1. The van der Waals surface area contributed by atoms with Crippen molar-refractivity contribution in [2.45, 2.75) is 25.8 Å². The van der Waals surface area contributed by atoms with Gasteiger partial charge in [-0.2, -0.15) is 0 Å². The van der Waals surface area contributed by atoms with Crippen LogP contribution in [0.4, 0.5) is 0 Å². The number of carbonyl (C=O) groups is 2. The first kappa shape index (κ1) is 19.1. The number of hydrogen-bond acceptors (Lipinski definition) is 4. The molecular weight excluding hydrogens is 388 g/mol. The highest BCUT2D eigenvalue weighted by atomic mass is 32.1. The SMILES string of the molecule is O=C(NNC(=O)C1CC1)c1ccc2c(=O)n(CCc3ccccc3)c(=S)[nH]c2c1. The Morgan fingerprint density at radius 3 is 2.59 bits per heavy atom. The van der Waals surface area contributed by atoms with Gasteiger partial charge in [-0.1, -0.05) is 30.3 Å². The van der Waals surface area contributed by atoms with Crippen molar-refractivity contribution in [2.24, 2.45) is 5.92 Å². The molecule has 0 bridgehead atoms. The van der Waals surface area contributed by atoms with Crippen LogP contribution in [0.5, 0.6) is 0 Å². The second kappa shape index (κ2) is 8.00. The first-order valence-electron chi connectivity index (χ1n) is 9.44. The average molecular weight is 408 g/mol. The van der Waals surface area contributed by atoms with Gasteiger partial charge in [-0.05, 0) is 55.2 Å². The van der Waals surface area contributed by atoms with Gasteiger partial charge in [0, 0.05) is 18.0 Å². The van der Waals surface area contributed by atoms with E-state index in [0.717, 1.165) is 18.4 Å². The van der Waals surface area contributed by atoms with E-state index in [9.17, 15) is 14.4 Å². The first-order valence-corrected chi connectivity index (χ1v) is 9.85. The summed E-state index contributed by atoms with van der Waals surface area (Å²) >= 11 is 5.36. The molecule has 0 saturated heterocycles. The molecule has 0 aliphatic heterocycles. The summed E-state index contributed by atoms with van der Waals surface area (Å²) in [7, 11) is 0. The van der Waals surface area contributed by atoms with Crippen LogP contribution in [0, 0.1) is 10.7 Å². The lowest BCUT2D eigenvalue weighted by atomic mass is 10.1. The summed E-state index contributed by atoms with van der Waals surface area (Å²) in [5, 5.41) is 0.449. The number of nitrogens with one attached hydrogen (secondary N) is 3. The molecule has 0 atom stereocenters. The normalized spacial score (nSPS) is 13.2. The molecule has 0 spiro atoms. The second-order valence-corrected chi connectivity index (χ2v) is 7.49. The average Bonchev–Trinajstić information content (AvgIpc) is 3.57. The van der Waals surface area contributed by atoms with E-state index in [1.807, 2.05) is 30.3 Å². The van der Waals surface area contributed by atoms with E-state index in [1.165, 1.54) is 4.57 Å². The third-order valence-electron chi connectivity index (χ3n) is 4.96. The lowest BCUT2D eigenvalue weighted by Gasteiger charge is -2.10. The van der Waals surface area contributed by atoms with Gasteiger partial charge in [-0.15, -0.1) is 0 Å². The number of hydrazine groups is 1. The Morgan fingerprint density at radius 1 is 1.10 bits per heavy atom. The van der Waals surface area contributed by atoms with E-state index in [-0.39, 0.29) is 17.4 Å². The Balaban J connectivity index is 1.54. The molecule has 29 heavy (non-hydrogen) atoms. The van der Waals surface area contributed by atoms with Crippen molar-refractivity contribution < 1.29 is 9.59 Å². The number of aryl methyl sites for hydroxylation is 1. The molecule has 2 amide bonds. The molecule has 1 fully saturated rings. The van der Waals surface area contributed by atoms with Gasteiger partial charge in [-0.25, -0.2) is 0 Å². The molecule has 148 valence electrons. The lowest BCUT2D eigenvalue weighted by molar-refractivity contribution is -0.123. The minimum atomic E-state index is -0.450. The van der Waals surface area contributed by atoms with E-state index in [2.05, 4.69) is 15.8 Å². The Labute approximate surface area is 171 Å². The van der Waals surface area contributed by atoms with Gasteiger partial charge < -0.3 is 4.98 Å². The molecule has 1 heterocycles. The Morgan fingerprint density at radius 2 is 1.86 bits per heavy atom. The van der Waals surface area contributed by atoms with Crippen LogP contribution in [0.3, 0.4) is 0 Å². The van der Waals surface area contributed by atoms with Crippen LogP contribution in [-0.4, -0.2) is 21.4 Å². The fourth-order valence-corrected chi connectivity index (χ4v) is 3.41. The molecular formula is C21H20N4O3S. The highest BCUT2D eigenvalue weighted by Crippen LogP contribution is 2.28. The summed E-state index contributed by atoms with van der Waals surface area (Å²) in [6.07, 6.45) is 2.39. The Kier molecular flexibility index (Phi) is 5.26. The first-order chi connectivity index (χ1) is 14.0. The number of H-pyrrole nitrogens is 1. The summed E-state index contributed by atoms with van der Waals surface area (Å²) in [5.74, 6) is -0.634. The van der Waals surface area contributed by atoms with Crippen molar-refractivity contribution in [3.05, 3.63) is 74.8 Å². The van der Waals surface area contributed by atoms with Crippen LogP contribution < -0.4 is 16.4 Å². The maximum Gasteiger partial charge on any atom is 0.269 e. The molecule has 0 unspecified atom stereocenters. The number of aromatic nitrogens is 2. The maximum absolute atomic E-state index is 12.9.